The van der Waals surface area contributed by atoms with Crippen LogP contribution in [0, 0.1) is 13.8 Å². The Morgan fingerprint density at radius 2 is 1.97 bits per heavy atom. The average molecular weight is 408 g/mol. The van der Waals surface area contributed by atoms with E-state index < -0.39 is 17.7 Å². The van der Waals surface area contributed by atoms with Gasteiger partial charge in [-0.2, -0.15) is 0 Å². The molecule has 1 amide bonds. The zero-order valence-corrected chi connectivity index (χ0v) is 17.4. The highest BCUT2D eigenvalue weighted by Crippen LogP contribution is 2.40. The van der Waals surface area contributed by atoms with Crippen molar-refractivity contribution in [1.29, 1.82) is 0 Å². The van der Waals surface area contributed by atoms with Crippen molar-refractivity contribution in [2.75, 3.05) is 27.2 Å². The van der Waals surface area contributed by atoms with Gasteiger partial charge >= 0.3 is 0 Å². The Bertz CT molecular complexity index is 1170. The SMILES string of the molecule is Cc1ccc([C@H]2C(=C(O)c3c(C)nc4ccccn34)C(=O)C(=O)N2CCN(C)C)o1. The molecule has 30 heavy (non-hydrogen) atoms. The highest BCUT2D eigenvalue weighted by Gasteiger charge is 2.47. The van der Waals surface area contributed by atoms with E-state index >= 15 is 0 Å². The van der Waals surface area contributed by atoms with E-state index in [0.29, 0.717) is 41.6 Å². The summed E-state index contributed by atoms with van der Waals surface area (Å²) < 4.78 is 7.50. The maximum Gasteiger partial charge on any atom is 0.295 e. The molecule has 0 aliphatic carbocycles. The first-order chi connectivity index (χ1) is 14.3. The van der Waals surface area contributed by atoms with E-state index in [0.717, 1.165) is 0 Å². The molecular formula is C22H24N4O4. The fourth-order valence-corrected chi connectivity index (χ4v) is 3.84. The van der Waals surface area contributed by atoms with Crippen LogP contribution in [-0.2, 0) is 9.59 Å². The molecule has 0 spiro atoms. The number of aliphatic hydroxyl groups is 1. The Kier molecular flexibility index (Phi) is 4.95. The standard InChI is InChI=1S/C22H24N4O4/c1-13-8-9-15(30-13)19-17(21(28)22(29)26(19)12-11-24(3)4)20(27)18-14(2)23-16-7-5-6-10-25(16)18/h5-10,19,27H,11-12H2,1-4H3/t19-/m0/s1. The monoisotopic (exact) mass is 408 g/mol. The highest BCUT2D eigenvalue weighted by atomic mass is 16.3. The summed E-state index contributed by atoms with van der Waals surface area (Å²) in [7, 11) is 3.79. The van der Waals surface area contributed by atoms with Crippen LogP contribution in [0.4, 0.5) is 0 Å². The van der Waals surface area contributed by atoms with Crippen molar-refractivity contribution >= 4 is 23.1 Å². The van der Waals surface area contributed by atoms with E-state index in [4.69, 9.17) is 4.42 Å². The number of likely N-dealkylation sites (N-methyl/N-ethyl adjacent to an activating group) is 1. The summed E-state index contributed by atoms with van der Waals surface area (Å²) in [5.41, 5.74) is 1.61. The number of nitrogens with zero attached hydrogens (tertiary/aromatic N) is 4. The van der Waals surface area contributed by atoms with Gasteiger partial charge < -0.3 is 19.3 Å². The predicted octanol–water partition coefficient (Wildman–Crippen LogP) is 2.53. The Morgan fingerprint density at radius 1 is 1.20 bits per heavy atom. The molecule has 1 N–H and O–H groups in total. The largest absolute Gasteiger partial charge is 0.505 e. The molecular weight excluding hydrogens is 384 g/mol. The normalized spacial score (nSPS) is 18.8. The van der Waals surface area contributed by atoms with E-state index in [2.05, 4.69) is 4.98 Å². The number of Topliss-reactive ketones (excluding diaryl/α,β-unsaturated/α-hetero) is 1. The van der Waals surface area contributed by atoms with E-state index in [1.54, 1.807) is 36.6 Å². The molecule has 1 fully saturated rings. The highest BCUT2D eigenvalue weighted by molar-refractivity contribution is 6.46. The number of amides is 1. The fourth-order valence-electron chi connectivity index (χ4n) is 3.84. The first-order valence-electron chi connectivity index (χ1n) is 9.73. The summed E-state index contributed by atoms with van der Waals surface area (Å²) >= 11 is 0. The first-order valence-corrected chi connectivity index (χ1v) is 9.73. The topological polar surface area (TPSA) is 91.3 Å². The number of fused-ring (bicyclic) bond motifs is 1. The van der Waals surface area contributed by atoms with Gasteiger partial charge in [-0.25, -0.2) is 4.98 Å². The zero-order valence-electron chi connectivity index (χ0n) is 17.4. The summed E-state index contributed by atoms with van der Waals surface area (Å²) in [5.74, 6) is -0.525. The van der Waals surface area contributed by atoms with Crippen LogP contribution in [0.3, 0.4) is 0 Å². The third-order valence-corrected chi connectivity index (χ3v) is 5.29. The third-order valence-electron chi connectivity index (χ3n) is 5.29. The number of furan rings is 1. The van der Waals surface area contributed by atoms with Gasteiger partial charge in [0.05, 0.1) is 11.3 Å². The van der Waals surface area contributed by atoms with Crippen molar-refractivity contribution < 1.29 is 19.1 Å². The van der Waals surface area contributed by atoms with Gasteiger partial charge in [0.2, 0.25) is 0 Å². The van der Waals surface area contributed by atoms with Crippen LogP contribution >= 0.6 is 0 Å². The lowest BCUT2D eigenvalue weighted by molar-refractivity contribution is -0.140. The summed E-state index contributed by atoms with van der Waals surface area (Å²) in [6.45, 7) is 4.45. The Labute approximate surface area is 174 Å². The van der Waals surface area contributed by atoms with Crippen molar-refractivity contribution in [2.45, 2.75) is 19.9 Å². The number of aryl methyl sites for hydroxylation is 2. The van der Waals surface area contributed by atoms with Gasteiger partial charge in [-0.3, -0.25) is 14.0 Å². The molecule has 0 unspecified atom stereocenters. The van der Waals surface area contributed by atoms with E-state index in [1.807, 2.05) is 37.2 Å². The van der Waals surface area contributed by atoms with Crippen LogP contribution in [-0.4, -0.2) is 63.2 Å². The average Bonchev–Trinajstić information content (AvgIpc) is 3.34. The van der Waals surface area contributed by atoms with Gasteiger partial charge in [0.15, 0.2) is 5.76 Å². The minimum Gasteiger partial charge on any atom is -0.505 e. The minimum atomic E-state index is -0.799. The maximum atomic E-state index is 13.0. The lowest BCUT2D eigenvalue weighted by Crippen LogP contribution is -2.35. The molecule has 4 rings (SSSR count). The first kappa shape index (κ1) is 19.9. The number of aliphatic hydroxyl groups excluding tert-OH is 1. The van der Waals surface area contributed by atoms with E-state index in [-0.39, 0.29) is 11.3 Å². The van der Waals surface area contributed by atoms with Crippen LogP contribution in [0.2, 0.25) is 0 Å². The van der Waals surface area contributed by atoms with Crippen LogP contribution < -0.4 is 0 Å². The summed E-state index contributed by atoms with van der Waals surface area (Å²) in [6, 6.07) is 8.19. The third kappa shape index (κ3) is 3.19. The minimum absolute atomic E-state index is 0.0156. The van der Waals surface area contributed by atoms with Crippen molar-refractivity contribution in [1.82, 2.24) is 19.2 Å². The molecule has 3 aromatic rings. The van der Waals surface area contributed by atoms with E-state index in [9.17, 15) is 14.7 Å². The molecule has 8 heteroatoms. The van der Waals surface area contributed by atoms with Crippen molar-refractivity contribution in [3.63, 3.8) is 0 Å². The summed E-state index contributed by atoms with van der Waals surface area (Å²) in [6.07, 6.45) is 1.76. The second kappa shape index (κ2) is 7.46. The van der Waals surface area contributed by atoms with Crippen LogP contribution in [0.5, 0.6) is 0 Å². The van der Waals surface area contributed by atoms with E-state index in [1.165, 1.54) is 4.90 Å². The Hall–Kier alpha value is -3.39. The zero-order chi connectivity index (χ0) is 21.6. The smallest absolute Gasteiger partial charge is 0.295 e. The number of hydrogen-bond donors (Lipinski definition) is 1. The molecule has 1 saturated heterocycles. The molecule has 0 aromatic carbocycles. The molecule has 156 valence electrons. The van der Waals surface area contributed by atoms with Crippen LogP contribution in [0.15, 0.2) is 46.5 Å². The summed E-state index contributed by atoms with van der Waals surface area (Å²) in [5, 5.41) is 11.3. The molecule has 4 heterocycles. The van der Waals surface area contributed by atoms with Gasteiger partial charge in [-0.15, -0.1) is 0 Å². The lowest BCUT2D eigenvalue weighted by atomic mass is 10.0. The van der Waals surface area contributed by atoms with Crippen molar-refractivity contribution in [2.24, 2.45) is 0 Å². The Balaban J connectivity index is 1.91. The van der Waals surface area contributed by atoms with Gasteiger partial charge in [0.1, 0.15) is 28.9 Å². The number of carbonyl (C=O) groups excluding carboxylic acids is 2. The fraction of sp³-hybridized carbons (Fsp3) is 0.318. The number of ketones is 1. The van der Waals surface area contributed by atoms with Crippen LogP contribution in [0.1, 0.15) is 29.0 Å². The molecule has 1 aliphatic rings. The second-order valence-electron chi connectivity index (χ2n) is 7.72. The number of imidazole rings is 1. The molecule has 1 aliphatic heterocycles. The lowest BCUT2D eigenvalue weighted by Gasteiger charge is -2.24. The van der Waals surface area contributed by atoms with Crippen LogP contribution in [0.25, 0.3) is 11.4 Å². The number of rotatable bonds is 5. The number of pyridine rings is 1. The molecule has 3 aromatic heterocycles. The second-order valence-corrected chi connectivity index (χ2v) is 7.72. The molecule has 0 radical (unpaired) electrons. The van der Waals surface area contributed by atoms with Crippen molar-refractivity contribution in [3.8, 4) is 0 Å². The van der Waals surface area contributed by atoms with Gasteiger partial charge in [-0.1, -0.05) is 6.07 Å². The number of aromatic nitrogens is 2. The maximum absolute atomic E-state index is 13.0. The Morgan fingerprint density at radius 3 is 2.63 bits per heavy atom. The number of hydrogen-bond acceptors (Lipinski definition) is 6. The molecule has 1 atom stereocenters. The molecule has 0 bridgehead atoms. The number of likely N-dealkylation sites (tertiary alicyclic amines) is 1. The van der Waals surface area contributed by atoms with Crippen molar-refractivity contribution in [3.05, 3.63) is 65.0 Å². The quantitative estimate of drug-likeness (QED) is 0.396. The summed E-state index contributed by atoms with van der Waals surface area (Å²) in [4.78, 5) is 33.8. The van der Waals surface area contributed by atoms with Gasteiger partial charge in [0, 0.05) is 19.3 Å². The number of carbonyl (C=O) groups is 2. The predicted molar refractivity (Wildman–Crippen MR) is 111 cm³/mol. The van der Waals surface area contributed by atoms with Gasteiger partial charge in [-0.05, 0) is 52.2 Å². The molecule has 8 nitrogen and oxygen atoms in total. The van der Waals surface area contributed by atoms with Gasteiger partial charge in [0.25, 0.3) is 11.7 Å². The molecule has 0 saturated carbocycles.